The normalized spacial score (nSPS) is 14.7. The minimum Gasteiger partial charge on any atom is -0.316 e. The Kier molecular flexibility index (Phi) is 3.01. The lowest BCUT2D eigenvalue weighted by molar-refractivity contribution is 0.587. The summed E-state index contributed by atoms with van der Waals surface area (Å²) in [5, 5.41) is 2.84. The first-order valence-electron chi connectivity index (χ1n) is 4.06. The average Bonchev–Trinajstić information content (AvgIpc) is 2.57. The Morgan fingerprint density at radius 1 is 1.60 bits per heavy atom. The molecule has 0 aliphatic carbocycles. The summed E-state index contributed by atoms with van der Waals surface area (Å²) in [6.07, 6.45) is 2.77. The second kappa shape index (κ2) is 4.12. The van der Waals surface area contributed by atoms with Crippen molar-refractivity contribution >= 4 is 44.6 Å². The van der Waals surface area contributed by atoms with Crippen LogP contribution in [0, 0.1) is 0 Å². The third-order valence-electron chi connectivity index (χ3n) is 1.72. The minimum absolute atomic E-state index is 0.314. The van der Waals surface area contributed by atoms with Gasteiger partial charge in [0.25, 0.3) is 0 Å². The highest BCUT2D eigenvalue weighted by atomic mass is 32.2. The van der Waals surface area contributed by atoms with Gasteiger partial charge in [0.05, 0.1) is 17.5 Å². The van der Waals surface area contributed by atoms with E-state index in [1.165, 1.54) is 23.3 Å². The first-order chi connectivity index (χ1) is 7.06. The van der Waals surface area contributed by atoms with Gasteiger partial charge in [0, 0.05) is 6.54 Å². The molecular formula is C7H9N3O2S3. The van der Waals surface area contributed by atoms with Crippen molar-refractivity contribution < 1.29 is 8.42 Å². The van der Waals surface area contributed by atoms with Crippen molar-refractivity contribution in [3.63, 3.8) is 0 Å². The SMILES string of the molecule is CS(=O)(=O)NCc1csc2c1SNC=N2. The highest BCUT2D eigenvalue weighted by Crippen LogP contribution is 2.39. The number of hydrogen-bond acceptors (Lipinski definition) is 6. The molecule has 0 atom stereocenters. The summed E-state index contributed by atoms with van der Waals surface area (Å²) in [7, 11) is -3.14. The minimum atomic E-state index is -3.14. The van der Waals surface area contributed by atoms with E-state index in [0.29, 0.717) is 6.54 Å². The molecule has 1 aromatic rings. The molecule has 0 saturated carbocycles. The van der Waals surface area contributed by atoms with Gasteiger partial charge in [0.15, 0.2) is 0 Å². The van der Waals surface area contributed by atoms with Crippen LogP contribution in [0.15, 0.2) is 15.3 Å². The summed E-state index contributed by atoms with van der Waals surface area (Å²) in [6.45, 7) is 0.314. The van der Waals surface area contributed by atoms with Crippen LogP contribution in [0.5, 0.6) is 0 Å². The second-order valence-corrected chi connectivity index (χ2v) is 6.51. The van der Waals surface area contributed by atoms with Gasteiger partial charge in [-0.3, -0.25) is 0 Å². The molecule has 82 valence electrons. The molecule has 1 aliphatic rings. The average molecular weight is 263 g/mol. The maximum absolute atomic E-state index is 10.9. The van der Waals surface area contributed by atoms with Gasteiger partial charge in [0.2, 0.25) is 10.0 Å². The number of sulfonamides is 1. The molecule has 0 spiro atoms. The molecule has 2 rings (SSSR count). The van der Waals surface area contributed by atoms with Crippen LogP contribution >= 0.6 is 23.3 Å². The van der Waals surface area contributed by atoms with Crippen LogP contribution in [0.2, 0.25) is 0 Å². The monoisotopic (exact) mass is 263 g/mol. The van der Waals surface area contributed by atoms with E-state index in [0.717, 1.165) is 21.7 Å². The molecular weight excluding hydrogens is 254 g/mol. The Bertz CT molecular complexity index is 492. The maximum atomic E-state index is 10.9. The molecule has 0 aromatic carbocycles. The summed E-state index contributed by atoms with van der Waals surface area (Å²) in [6, 6.07) is 0. The van der Waals surface area contributed by atoms with Crippen molar-refractivity contribution in [2.24, 2.45) is 4.99 Å². The van der Waals surface area contributed by atoms with Gasteiger partial charge in [0.1, 0.15) is 5.00 Å². The molecule has 8 heteroatoms. The lowest BCUT2D eigenvalue weighted by Crippen LogP contribution is -2.21. The molecule has 1 aromatic heterocycles. The number of thiophene rings is 1. The predicted octanol–water partition coefficient (Wildman–Crippen LogP) is 1.07. The van der Waals surface area contributed by atoms with Crippen LogP contribution in [0.3, 0.4) is 0 Å². The largest absolute Gasteiger partial charge is 0.316 e. The zero-order chi connectivity index (χ0) is 10.9. The lowest BCUT2D eigenvalue weighted by Gasteiger charge is -2.08. The highest BCUT2D eigenvalue weighted by molar-refractivity contribution is 7.98. The summed E-state index contributed by atoms with van der Waals surface area (Å²) < 4.78 is 27.2. The summed E-state index contributed by atoms with van der Waals surface area (Å²) >= 11 is 2.96. The third-order valence-corrected chi connectivity index (χ3v) is 4.34. The van der Waals surface area contributed by atoms with E-state index in [4.69, 9.17) is 0 Å². The smallest absolute Gasteiger partial charge is 0.209 e. The lowest BCUT2D eigenvalue weighted by atomic mass is 10.3. The fourth-order valence-electron chi connectivity index (χ4n) is 1.07. The summed E-state index contributed by atoms with van der Waals surface area (Å²) in [5.74, 6) is 0. The van der Waals surface area contributed by atoms with Gasteiger partial charge < -0.3 is 4.72 Å². The van der Waals surface area contributed by atoms with Crippen molar-refractivity contribution in [2.45, 2.75) is 11.4 Å². The topological polar surface area (TPSA) is 70.6 Å². The van der Waals surface area contributed by atoms with E-state index in [2.05, 4.69) is 14.4 Å². The van der Waals surface area contributed by atoms with Crippen molar-refractivity contribution in [3.8, 4) is 0 Å². The number of fused-ring (bicyclic) bond motifs is 1. The van der Waals surface area contributed by atoms with Crippen molar-refractivity contribution in [1.29, 1.82) is 0 Å². The molecule has 2 N–H and O–H groups in total. The van der Waals surface area contributed by atoms with Gasteiger partial charge in [-0.2, -0.15) is 0 Å². The maximum Gasteiger partial charge on any atom is 0.209 e. The Morgan fingerprint density at radius 3 is 3.13 bits per heavy atom. The quantitative estimate of drug-likeness (QED) is 0.800. The van der Waals surface area contributed by atoms with Gasteiger partial charge in [-0.15, -0.1) is 11.3 Å². The van der Waals surface area contributed by atoms with Crippen LogP contribution in [-0.2, 0) is 16.6 Å². The molecule has 0 fully saturated rings. The molecule has 1 aliphatic heterocycles. The number of rotatable bonds is 3. The standard InChI is InChI=1S/C7H9N3O2S3/c1-15(11,12)10-2-5-3-13-7-6(5)14-9-4-8-7/h3-4,10H,2H2,1H3,(H,8,9). The first kappa shape index (κ1) is 10.9. The van der Waals surface area contributed by atoms with E-state index < -0.39 is 10.0 Å². The zero-order valence-corrected chi connectivity index (χ0v) is 10.3. The summed E-state index contributed by atoms with van der Waals surface area (Å²) in [5.41, 5.74) is 0.953. The molecule has 0 amide bonds. The predicted molar refractivity (Wildman–Crippen MR) is 63.1 cm³/mol. The van der Waals surface area contributed by atoms with Gasteiger partial charge in [-0.05, 0) is 22.9 Å². The van der Waals surface area contributed by atoms with E-state index in [1.807, 2.05) is 5.38 Å². The van der Waals surface area contributed by atoms with E-state index >= 15 is 0 Å². The fourth-order valence-corrected chi connectivity index (χ4v) is 3.26. The fraction of sp³-hybridized carbons (Fsp3) is 0.286. The number of hydrogen-bond donors (Lipinski definition) is 2. The first-order valence-corrected chi connectivity index (χ1v) is 7.65. The van der Waals surface area contributed by atoms with E-state index in [-0.39, 0.29) is 0 Å². The second-order valence-electron chi connectivity index (χ2n) is 2.97. The van der Waals surface area contributed by atoms with Crippen molar-refractivity contribution in [2.75, 3.05) is 6.26 Å². The molecule has 0 saturated heterocycles. The Labute approximate surface area is 96.2 Å². The van der Waals surface area contributed by atoms with Crippen LogP contribution in [0.25, 0.3) is 0 Å². The summed E-state index contributed by atoms with van der Waals surface area (Å²) in [4.78, 5) is 5.14. The van der Waals surface area contributed by atoms with Crippen LogP contribution in [0.4, 0.5) is 5.00 Å². The van der Waals surface area contributed by atoms with Crippen LogP contribution in [0.1, 0.15) is 5.56 Å². The van der Waals surface area contributed by atoms with Crippen molar-refractivity contribution in [1.82, 2.24) is 9.44 Å². The Morgan fingerprint density at radius 2 is 2.40 bits per heavy atom. The highest BCUT2D eigenvalue weighted by Gasteiger charge is 2.15. The Balaban J connectivity index is 2.16. The number of nitrogens with zero attached hydrogens (tertiary/aromatic N) is 1. The van der Waals surface area contributed by atoms with Gasteiger partial charge >= 0.3 is 0 Å². The molecule has 0 unspecified atom stereocenters. The van der Waals surface area contributed by atoms with Crippen LogP contribution in [-0.4, -0.2) is 21.0 Å². The Hall–Kier alpha value is -0.570. The van der Waals surface area contributed by atoms with E-state index in [1.54, 1.807) is 6.34 Å². The van der Waals surface area contributed by atoms with Gasteiger partial charge in [-0.1, -0.05) is 0 Å². The van der Waals surface area contributed by atoms with Crippen molar-refractivity contribution in [3.05, 3.63) is 10.9 Å². The molecule has 2 heterocycles. The van der Waals surface area contributed by atoms with Crippen LogP contribution < -0.4 is 9.44 Å². The number of aliphatic imine (C=N–C) groups is 1. The molecule has 15 heavy (non-hydrogen) atoms. The number of nitrogens with one attached hydrogen (secondary N) is 2. The van der Waals surface area contributed by atoms with E-state index in [9.17, 15) is 8.42 Å². The molecule has 0 radical (unpaired) electrons. The molecule has 5 nitrogen and oxygen atoms in total. The zero-order valence-electron chi connectivity index (χ0n) is 7.85. The third kappa shape index (κ3) is 2.71. The molecule has 0 bridgehead atoms. The van der Waals surface area contributed by atoms with Gasteiger partial charge in [-0.25, -0.2) is 18.1 Å².